The summed E-state index contributed by atoms with van der Waals surface area (Å²) in [6, 6.07) is 0.324. The summed E-state index contributed by atoms with van der Waals surface area (Å²) < 4.78 is 22.0. The summed E-state index contributed by atoms with van der Waals surface area (Å²) in [5, 5.41) is 3.19. The van der Waals surface area contributed by atoms with Crippen LogP contribution in [0.1, 0.15) is 33.1 Å². The third kappa shape index (κ3) is 6.38. The fraction of sp³-hybridized carbons (Fsp3) is 1.00. The second kappa shape index (κ2) is 6.40. The number of hydrogen-bond acceptors (Lipinski definition) is 3. The van der Waals surface area contributed by atoms with E-state index in [0.29, 0.717) is 12.0 Å². The van der Waals surface area contributed by atoms with Crippen LogP contribution in [0.3, 0.4) is 0 Å². The molecule has 0 rings (SSSR count). The molecule has 0 fully saturated rings. The molecule has 0 heterocycles. The summed E-state index contributed by atoms with van der Waals surface area (Å²) in [6.07, 6.45) is 4.31. The molecular formula is C10H23NO2S. The van der Waals surface area contributed by atoms with E-state index in [9.17, 15) is 8.42 Å². The molecular weight excluding hydrogens is 198 g/mol. The van der Waals surface area contributed by atoms with Crippen molar-refractivity contribution in [3.8, 4) is 0 Å². The normalized spacial score (nSPS) is 16.6. The van der Waals surface area contributed by atoms with Gasteiger partial charge in [0.25, 0.3) is 0 Å². The van der Waals surface area contributed by atoms with Crippen molar-refractivity contribution >= 4 is 9.84 Å². The van der Waals surface area contributed by atoms with Gasteiger partial charge in [-0.15, -0.1) is 0 Å². The van der Waals surface area contributed by atoms with E-state index in [1.165, 1.54) is 6.26 Å². The van der Waals surface area contributed by atoms with Crippen LogP contribution in [0.15, 0.2) is 0 Å². The van der Waals surface area contributed by atoms with E-state index in [1.807, 2.05) is 7.05 Å². The Labute approximate surface area is 88.2 Å². The van der Waals surface area contributed by atoms with Gasteiger partial charge < -0.3 is 5.32 Å². The maximum Gasteiger partial charge on any atom is 0.147 e. The Kier molecular flexibility index (Phi) is 6.36. The summed E-state index contributed by atoms with van der Waals surface area (Å²) in [5.74, 6) is 0.832. The van der Waals surface area contributed by atoms with E-state index in [1.54, 1.807) is 0 Å². The van der Waals surface area contributed by atoms with Gasteiger partial charge in [0.05, 0.1) is 5.75 Å². The highest BCUT2D eigenvalue weighted by Crippen LogP contribution is 2.13. The molecule has 0 aromatic rings. The van der Waals surface area contributed by atoms with Gasteiger partial charge in [-0.25, -0.2) is 8.42 Å². The van der Waals surface area contributed by atoms with Crippen molar-refractivity contribution in [2.75, 3.05) is 19.1 Å². The molecule has 3 nitrogen and oxygen atoms in total. The highest BCUT2D eigenvalue weighted by molar-refractivity contribution is 7.90. The molecule has 0 aliphatic rings. The first kappa shape index (κ1) is 13.9. The van der Waals surface area contributed by atoms with Crippen molar-refractivity contribution in [3.05, 3.63) is 0 Å². The van der Waals surface area contributed by atoms with Crippen molar-refractivity contribution in [2.24, 2.45) is 5.92 Å². The molecule has 0 amide bonds. The summed E-state index contributed by atoms with van der Waals surface area (Å²) in [7, 11) is -0.916. The minimum Gasteiger partial charge on any atom is -0.317 e. The lowest BCUT2D eigenvalue weighted by Gasteiger charge is -2.22. The van der Waals surface area contributed by atoms with E-state index in [2.05, 4.69) is 19.2 Å². The minimum absolute atomic E-state index is 0.284. The van der Waals surface area contributed by atoms with Gasteiger partial charge in [0, 0.05) is 12.3 Å². The molecule has 0 spiro atoms. The SMILES string of the molecule is CCCC(C)C(CCS(C)(=O)=O)NC. The maximum absolute atomic E-state index is 11.0. The van der Waals surface area contributed by atoms with Gasteiger partial charge in [-0.3, -0.25) is 0 Å². The summed E-state index contributed by atoms with van der Waals surface area (Å²) >= 11 is 0. The maximum atomic E-state index is 11.0. The zero-order chi connectivity index (χ0) is 11.2. The third-order valence-electron chi connectivity index (χ3n) is 2.60. The highest BCUT2D eigenvalue weighted by Gasteiger charge is 2.16. The van der Waals surface area contributed by atoms with Gasteiger partial charge in [-0.05, 0) is 25.8 Å². The van der Waals surface area contributed by atoms with Gasteiger partial charge in [0.15, 0.2) is 0 Å². The summed E-state index contributed by atoms with van der Waals surface area (Å²) in [4.78, 5) is 0. The molecule has 4 heteroatoms. The Hall–Kier alpha value is -0.0900. The second-order valence-electron chi connectivity index (χ2n) is 4.08. The smallest absolute Gasteiger partial charge is 0.147 e. The van der Waals surface area contributed by atoms with Gasteiger partial charge in [0.1, 0.15) is 9.84 Å². The largest absolute Gasteiger partial charge is 0.317 e. The van der Waals surface area contributed by atoms with Gasteiger partial charge in [-0.2, -0.15) is 0 Å². The molecule has 0 aromatic heterocycles. The van der Waals surface area contributed by atoms with Crippen LogP contribution < -0.4 is 5.32 Å². The summed E-state index contributed by atoms with van der Waals surface area (Å²) in [6.45, 7) is 4.33. The zero-order valence-electron chi connectivity index (χ0n) is 9.71. The third-order valence-corrected chi connectivity index (χ3v) is 3.58. The molecule has 86 valence electrons. The van der Waals surface area contributed by atoms with E-state index in [4.69, 9.17) is 0 Å². The first-order chi connectivity index (χ1) is 6.40. The lowest BCUT2D eigenvalue weighted by atomic mass is 9.95. The zero-order valence-corrected chi connectivity index (χ0v) is 10.5. The fourth-order valence-electron chi connectivity index (χ4n) is 1.71. The molecule has 0 saturated carbocycles. The first-order valence-electron chi connectivity index (χ1n) is 5.25. The molecule has 0 saturated heterocycles. The predicted octanol–water partition coefficient (Wildman–Crippen LogP) is 1.45. The molecule has 0 radical (unpaired) electrons. The van der Waals surface area contributed by atoms with Gasteiger partial charge in [-0.1, -0.05) is 20.3 Å². The fourth-order valence-corrected chi connectivity index (χ4v) is 2.39. The lowest BCUT2D eigenvalue weighted by Crippen LogP contribution is -2.33. The van der Waals surface area contributed by atoms with E-state index in [0.717, 1.165) is 19.3 Å². The Morgan fingerprint density at radius 3 is 2.21 bits per heavy atom. The van der Waals surface area contributed by atoms with Crippen LogP contribution in [0.25, 0.3) is 0 Å². The lowest BCUT2D eigenvalue weighted by molar-refractivity contribution is 0.365. The van der Waals surface area contributed by atoms with Crippen LogP contribution in [0, 0.1) is 5.92 Å². The molecule has 1 N–H and O–H groups in total. The van der Waals surface area contributed by atoms with Crippen molar-refractivity contribution in [1.82, 2.24) is 5.32 Å². The Morgan fingerprint density at radius 2 is 1.86 bits per heavy atom. The molecule has 0 aliphatic heterocycles. The van der Waals surface area contributed by atoms with Gasteiger partial charge in [0.2, 0.25) is 0 Å². The number of rotatable bonds is 7. The van der Waals surface area contributed by atoms with Crippen molar-refractivity contribution in [1.29, 1.82) is 0 Å². The quantitative estimate of drug-likeness (QED) is 0.707. The standard InChI is InChI=1S/C10H23NO2S/c1-5-6-9(2)10(11-3)7-8-14(4,12)13/h9-11H,5-8H2,1-4H3. The summed E-state index contributed by atoms with van der Waals surface area (Å²) in [5.41, 5.74) is 0. The molecule has 2 unspecified atom stereocenters. The number of sulfone groups is 1. The Bertz CT molecular complexity index is 237. The van der Waals surface area contributed by atoms with E-state index < -0.39 is 9.84 Å². The van der Waals surface area contributed by atoms with Crippen LogP contribution in [0.4, 0.5) is 0 Å². The van der Waals surface area contributed by atoms with E-state index in [-0.39, 0.29) is 5.75 Å². The minimum atomic E-state index is -2.82. The monoisotopic (exact) mass is 221 g/mol. The van der Waals surface area contributed by atoms with Crippen LogP contribution in [0.5, 0.6) is 0 Å². The first-order valence-corrected chi connectivity index (χ1v) is 7.31. The molecule has 0 aromatic carbocycles. The molecule has 2 atom stereocenters. The number of nitrogens with one attached hydrogen (secondary N) is 1. The van der Waals surface area contributed by atoms with Crippen molar-refractivity contribution < 1.29 is 8.42 Å². The molecule has 14 heavy (non-hydrogen) atoms. The highest BCUT2D eigenvalue weighted by atomic mass is 32.2. The average Bonchev–Trinajstić information content (AvgIpc) is 2.03. The molecule has 0 bridgehead atoms. The average molecular weight is 221 g/mol. The van der Waals surface area contributed by atoms with Crippen molar-refractivity contribution in [2.45, 2.75) is 39.2 Å². The van der Waals surface area contributed by atoms with E-state index >= 15 is 0 Å². The van der Waals surface area contributed by atoms with Gasteiger partial charge >= 0.3 is 0 Å². The van der Waals surface area contributed by atoms with Crippen LogP contribution in [-0.2, 0) is 9.84 Å². The van der Waals surface area contributed by atoms with Crippen LogP contribution in [0.2, 0.25) is 0 Å². The predicted molar refractivity (Wildman–Crippen MR) is 61.2 cm³/mol. The van der Waals surface area contributed by atoms with Crippen molar-refractivity contribution in [3.63, 3.8) is 0 Å². The topological polar surface area (TPSA) is 46.2 Å². The molecule has 0 aliphatic carbocycles. The van der Waals surface area contributed by atoms with Crippen LogP contribution >= 0.6 is 0 Å². The Morgan fingerprint density at radius 1 is 1.29 bits per heavy atom. The Balaban J connectivity index is 4.02. The van der Waals surface area contributed by atoms with Crippen LogP contribution in [-0.4, -0.2) is 33.5 Å². The number of hydrogen-bond donors (Lipinski definition) is 1. The second-order valence-corrected chi connectivity index (χ2v) is 6.34.